The maximum atomic E-state index is 10.8. The van der Waals surface area contributed by atoms with Crippen molar-refractivity contribution in [3.63, 3.8) is 0 Å². The van der Waals surface area contributed by atoms with Crippen LogP contribution in [0.25, 0.3) is 0 Å². The Bertz CT molecular complexity index is 184. The molecule has 12 heavy (non-hydrogen) atoms. The van der Waals surface area contributed by atoms with Crippen LogP contribution < -0.4 is 0 Å². The number of rotatable bonds is 1. The zero-order valence-electron chi connectivity index (χ0n) is 7.38. The number of carboxylic acid groups (broad SMARTS) is 1. The lowest BCUT2D eigenvalue weighted by molar-refractivity contribution is -0.140. The molecule has 1 aliphatic rings. The van der Waals surface area contributed by atoms with Crippen LogP contribution in [0.2, 0.25) is 0 Å². The maximum absolute atomic E-state index is 10.8. The Morgan fingerprint density at radius 1 is 1.33 bits per heavy atom. The standard InChI is InChI=1S/C10H16O2/c1-8-6-4-2-3-5-7-9(8)10(11)12/h9H,1-7H2,(H,11,12). The highest BCUT2D eigenvalue weighted by molar-refractivity contribution is 5.73. The zero-order valence-corrected chi connectivity index (χ0v) is 7.38. The first-order chi connectivity index (χ1) is 5.72. The van der Waals surface area contributed by atoms with Gasteiger partial charge in [-0.25, -0.2) is 0 Å². The molecule has 1 fully saturated rings. The van der Waals surface area contributed by atoms with E-state index in [4.69, 9.17) is 5.11 Å². The molecule has 0 aromatic rings. The average molecular weight is 168 g/mol. The third-order valence-corrected chi connectivity index (χ3v) is 2.53. The van der Waals surface area contributed by atoms with Gasteiger partial charge in [-0.05, 0) is 19.3 Å². The van der Waals surface area contributed by atoms with Gasteiger partial charge >= 0.3 is 5.97 Å². The fourth-order valence-corrected chi connectivity index (χ4v) is 1.73. The molecule has 1 atom stereocenters. The Morgan fingerprint density at radius 2 is 2.00 bits per heavy atom. The van der Waals surface area contributed by atoms with E-state index in [0.29, 0.717) is 0 Å². The summed E-state index contributed by atoms with van der Waals surface area (Å²) >= 11 is 0. The summed E-state index contributed by atoms with van der Waals surface area (Å²) in [6.07, 6.45) is 6.24. The van der Waals surface area contributed by atoms with Crippen molar-refractivity contribution in [1.29, 1.82) is 0 Å². The summed E-state index contributed by atoms with van der Waals surface area (Å²) in [4.78, 5) is 10.8. The van der Waals surface area contributed by atoms with Crippen LogP contribution >= 0.6 is 0 Å². The van der Waals surface area contributed by atoms with E-state index in [-0.39, 0.29) is 5.92 Å². The fraction of sp³-hybridized carbons (Fsp3) is 0.700. The Morgan fingerprint density at radius 3 is 2.67 bits per heavy atom. The lowest BCUT2D eigenvalue weighted by atomic mass is 9.88. The van der Waals surface area contributed by atoms with Crippen LogP contribution in [-0.4, -0.2) is 11.1 Å². The first kappa shape index (κ1) is 9.30. The second-order valence-corrected chi connectivity index (χ2v) is 3.50. The molecule has 1 aliphatic carbocycles. The summed E-state index contributed by atoms with van der Waals surface area (Å²) in [5.41, 5.74) is 0.919. The smallest absolute Gasteiger partial charge is 0.310 e. The Labute approximate surface area is 73.3 Å². The molecule has 1 unspecified atom stereocenters. The van der Waals surface area contributed by atoms with E-state index in [1.165, 1.54) is 12.8 Å². The number of carboxylic acids is 1. The van der Waals surface area contributed by atoms with Gasteiger partial charge in [0.05, 0.1) is 5.92 Å². The van der Waals surface area contributed by atoms with Crippen LogP contribution in [0.15, 0.2) is 12.2 Å². The summed E-state index contributed by atoms with van der Waals surface area (Å²) in [5, 5.41) is 8.86. The van der Waals surface area contributed by atoms with Crippen LogP contribution in [0.5, 0.6) is 0 Å². The van der Waals surface area contributed by atoms with E-state index in [1.54, 1.807) is 0 Å². The first-order valence-corrected chi connectivity index (χ1v) is 4.62. The topological polar surface area (TPSA) is 37.3 Å². The molecule has 2 nitrogen and oxygen atoms in total. The van der Waals surface area contributed by atoms with Gasteiger partial charge in [0.1, 0.15) is 0 Å². The lowest BCUT2D eigenvalue weighted by Crippen LogP contribution is -2.16. The average Bonchev–Trinajstić information content (AvgIpc) is 1.96. The zero-order chi connectivity index (χ0) is 8.97. The fourth-order valence-electron chi connectivity index (χ4n) is 1.73. The molecule has 0 bridgehead atoms. The minimum atomic E-state index is -0.693. The van der Waals surface area contributed by atoms with Gasteiger partial charge in [0.25, 0.3) is 0 Å². The molecule has 68 valence electrons. The molecular weight excluding hydrogens is 152 g/mol. The van der Waals surface area contributed by atoms with Gasteiger partial charge in [0.2, 0.25) is 0 Å². The van der Waals surface area contributed by atoms with Crippen molar-refractivity contribution >= 4 is 5.97 Å². The third kappa shape index (κ3) is 2.36. The van der Waals surface area contributed by atoms with E-state index in [9.17, 15) is 4.79 Å². The summed E-state index contributed by atoms with van der Waals surface area (Å²) in [6, 6.07) is 0. The van der Waals surface area contributed by atoms with E-state index < -0.39 is 5.97 Å². The van der Waals surface area contributed by atoms with E-state index in [0.717, 1.165) is 31.3 Å². The molecule has 0 amide bonds. The number of hydrogen-bond acceptors (Lipinski definition) is 1. The Hall–Kier alpha value is -0.790. The molecular formula is C10H16O2. The van der Waals surface area contributed by atoms with Crippen molar-refractivity contribution in [2.45, 2.75) is 38.5 Å². The van der Waals surface area contributed by atoms with E-state index >= 15 is 0 Å². The monoisotopic (exact) mass is 168 g/mol. The maximum Gasteiger partial charge on any atom is 0.310 e. The minimum Gasteiger partial charge on any atom is -0.481 e. The van der Waals surface area contributed by atoms with Crippen LogP contribution in [0, 0.1) is 5.92 Å². The van der Waals surface area contributed by atoms with Crippen molar-refractivity contribution in [3.05, 3.63) is 12.2 Å². The van der Waals surface area contributed by atoms with Gasteiger partial charge in [0, 0.05) is 0 Å². The lowest BCUT2D eigenvalue weighted by Gasteiger charge is -2.17. The molecule has 0 heterocycles. The van der Waals surface area contributed by atoms with Crippen molar-refractivity contribution in [1.82, 2.24) is 0 Å². The highest BCUT2D eigenvalue weighted by Crippen LogP contribution is 2.25. The van der Waals surface area contributed by atoms with Crippen LogP contribution in [-0.2, 0) is 4.79 Å². The summed E-state index contributed by atoms with van der Waals surface area (Å²) in [6.45, 7) is 3.84. The Balaban J connectivity index is 2.55. The van der Waals surface area contributed by atoms with Crippen LogP contribution in [0.4, 0.5) is 0 Å². The molecule has 0 saturated heterocycles. The third-order valence-electron chi connectivity index (χ3n) is 2.53. The highest BCUT2D eigenvalue weighted by Gasteiger charge is 2.21. The second kappa shape index (κ2) is 4.29. The number of hydrogen-bond donors (Lipinski definition) is 1. The van der Waals surface area contributed by atoms with Gasteiger partial charge in [0.15, 0.2) is 0 Å². The molecule has 0 aromatic heterocycles. The predicted molar refractivity (Wildman–Crippen MR) is 48.0 cm³/mol. The van der Waals surface area contributed by atoms with Gasteiger partial charge < -0.3 is 5.11 Å². The van der Waals surface area contributed by atoms with E-state index in [1.807, 2.05) is 0 Å². The molecule has 1 rings (SSSR count). The van der Waals surface area contributed by atoms with Crippen molar-refractivity contribution in [2.24, 2.45) is 5.92 Å². The molecule has 0 spiro atoms. The number of carbonyl (C=O) groups is 1. The molecule has 0 radical (unpaired) electrons. The molecule has 2 heteroatoms. The van der Waals surface area contributed by atoms with Crippen LogP contribution in [0.1, 0.15) is 38.5 Å². The van der Waals surface area contributed by atoms with Crippen molar-refractivity contribution in [3.8, 4) is 0 Å². The van der Waals surface area contributed by atoms with Gasteiger partial charge in [-0.1, -0.05) is 31.4 Å². The van der Waals surface area contributed by atoms with Crippen molar-refractivity contribution < 1.29 is 9.90 Å². The minimum absolute atomic E-state index is 0.273. The van der Waals surface area contributed by atoms with Crippen molar-refractivity contribution in [2.75, 3.05) is 0 Å². The normalized spacial score (nSPS) is 26.0. The van der Waals surface area contributed by atoms with Crippen LogP contribution in [0.3, 0.4) is 0 Å². The van der Waals surface area contributed by atoms with Gasteiger partial charge in [-0.3, -0.25) is 4.79 Å². The first-order valence-electron chi connectivity index (χ1n) is 4.62. The second-order valence-electron chi connectivity index (χ2n) is 3.50. The predicted octanol–water partition coefficient (Wildman–Crippen LogP) is 2.60. The molecule has 1 saturated carbocycles. The quantitative estimate of drug-likeness (QED) is 0.611. The highest BCUT2D eigenvalue weighted by atomic mass is 16.4. The van der Waals surface area contributed by atoms with E-state index in [2.05, 4.69) is 6.58 Å². The molecule has 0 aromatic carbocycles. The van der Waals surface area contributed by atoms with Gasteiger partial charge in [-0.2, -0.15) is 0 Å². The summed E-state index contributed by atoms with van der Waals surface area (Å²) in [7, 11) is 0. The SMILES string of the molecule is C=C1CCCCCCC1C(=O)O. The Kier molecular flexibility index (Phi) is 3.32. The van der Waals surface area contributed by atoms with Gasteiger partial charge in [-0.15, -0.1) is 0 Å². The summed E-state index contributed by atoms with van der Waals surface area (Å²) < 4.78 is 0. The summed E-state index contributed by atoms with van der Waals surface area (Å²) in [5.74, 6) is -0.966. The molecule has 1 N–H and O–H groups in total. The largest absolute Gasteiger partial charge is 0.481 e. The molecule has 0 aliphatic heterocycles. The number of aliphatic carboxylic acids is 1.